The van der Waals surface area contributed by atoms with E-state index in [1.165, 1.54) is 25.7 Å². The van der Waals surface area contributed by atoms with Gasteiger partial charge in [-0.05, 0) is 91.8 Å². The standard InChI is InChI=1S/C25H39NO2/c1-5-17-21-14-16(27)8-11-25(21,4)20-9-12-24(3)18(15(2)10-13-26)6-7-19(24)22(20)23(17)28/h15-22,27H,5-12,14H2,1-4H3/t15-,16-,17-,18?,19+,20+,21+,22+,24-,25-/m1/s1. The Hall–Kier alpha value is -0.880. The largest absolute Gasteiger partial charge is 0.393 e. The molecule has 0 aromatic rings. The first-order chi connectivity index (χ1) is 13.3. The molecule has 4 rings (SSSR count). The summed E-state index contributed by atoms with van der Waals surface area (Å²) in [6.45, 7) is 9.35. The molecule has 4 fully saturated rings. The van der Waals surface area contributed by atoms with E-state index >= 15 is 0 Å². The minimum atomic E-state index is -0.215. The van der Waals surface area contributed by atoms with Gasteiger partial charge < -0.3 is 5.11 Å². The Morgan fingerprint density at radius 3 is 2.46 bits per heavy atom. The average molecular weight is 386 g/mol. The minimum absolute atomic E-state index is 0.138. The molecule has 3 heteroatoms. The summed E-state index contributed by atoms with van der Waals surface area (Å²) in [7, 11) is 0. The van der Waals surface area contributed by atoms with Crippen LogP contribution in [0.15, 0.2) is 0 Å². The van der Waals surface area contributed by atoms with Gasteiger partial charge in [0.1, 0.15) is 5.78 Å². The van der Waals surface area contributed by atoms with Gasteiger partial charge in [-0.15, -0.1) is 0 Å². The lowest BCUT2D eigenvalue weighted by molar-refractivity contribution is -0.173. The Morgan fingerprint density at radius 2 is 1.79 bits per heavy atom. The maximum Gasteiger partial charge on any atom is 0.139 e. The number of ketones is 1. The van der Waals surface area contributed by atoms with E-state index in [1.54, 1.807) is 0 Å². The number of rotatable bonds is 3. The Labute approximate surface area is 171 Å². The molecule has 0 aliphatic heterocycles. The smallest absolute Gasteiger partial charge is 0.139 e. The van der Waals surface area contributed by atoms with Crippen molar-refractivity contribution in [3.63, 3.8) is 0 Å². The molecule has 4 aliphatic rings. The number of carbonyl (C=O) groups excluding carboxylic acids is 1. The lowest BCUT2D eigenvalue weighted by Crippen LogP contribution is -2.60. The highest BCUT2D eigenvalue weighted by Crippen LogP contribution is 2.68. The van der Waals surface area contributed by atoms with E-state index < -0.39 is 0 Å². The fourth-order valence-electron chi connectivity index (χ4n) is 8.90. The van der Waals surface area contributed by atoms with Crippen LogP contribution in [0.25, 0.3) is 0 Å². The molecule has 0 aromatic carbocycles. The van der Waals surface area contributed by atoms with Crippen molar-refractivity contribution in [3.05, 3.63) is 0 Å². The van der Waals surface area contributed by atoms with Crippen molar-refractivity contribution in [2.75, 3.05) is 0 Å². The molecule has 156 valence electrons. The number of fused-ring (bicyclic) bond motifs is 5. The molecule has 0 spiro atoms. The zero-order valence-electron chi connectivity index (χ0n) is 18.3. The van der Waals surface area contributed by atoms with E-state index in [2.05, 4.69) is 33.8 Å². The third-order valence-electron chi connectivity index (χ3n) is 10.3. The summed E-state index contributed by atoms with van der Waals surface area (Å²) in [5, 5.41) is 19.6. The molecular weight excluding hydrogens is 346 g/mol. The quantitative estimate of drug-likeness (QED) is 0.710. The molecule has 28 heavy (non-hydrogen) atoms. The van der Waals surface area contributed by atoms with Crippen LogP contribution in [-0.2, 0) is 4.79 Å². The number of carbonyl (C=O) groups is 1. The van der Waals surface area contributed by atoms with Crippen LogP contribution in [0.1, 0.15) is 85.5 Å². The second kappa shape index (κ2) is 7.12. The molecule has 0 heterocycles. The van der Waals surface area contributed by atoms with E-state index in [0.717, 1.165) is 25.7 Å². The van der Waals surface area contributed by atoms with Gasteiger partial charge in [0.25, 0.3) is 0 Å². The second-order valence-corrected chi connectivity index (χ2v) is 11.3. The Balaban J connectivity index is 1.69. The normalized spacial score (nSPS) is 51.6. The van der Waals surface area contributed by atoms with Crippen molar-refractivity contribution in [3.8, 4) is 6.07 Å². The topological polar surface area (TPSA) is 61.1 Å². The third-order valence-corrected chi connectivity index (χ3v) is 10.3. The monoisotopic (exact) mass is 385 g/mol. The number of aliphatic hydroxyl groups excluding tert-OH is 1. The fraction of sp³-hybridized carbons (Fsp3) is 0.920. The van der Waals surface area contributed by atoms with Crippen LogP contribution in [0.4, 0.5) is 0 Å². The van der Waals surface area contributed by atoms with Gasteiger partial charge in [0.15, 0.2) is 0 Å². The van der Waals surface area contributed by atoms with Crippen molar-refractivity contribution in [1.29, 1.82) is 5.26 Å². The molecule has 10 atom stereocenters. The van der Waals surface area contributed by atoms with Crippen LogP contribution in [0, 0.1) is 63.6 Å². The first-order valence-electron chi connectivity index (χ1n) is 11.9. The molecule has 1 unspecified atom stereocenters. The number of aliphatic hydroxyl groups is 1. The van der Waals surface area contributed by atoms with Crippen molar-refractivity contribution in [2.45, 2.75) is 91.6 Å². The number of hydrogen-bond acceptors (Lipinski definition) is 3. The SMILES string of the molecule is CC[C@H]1C(=O)[C@@H]2[C@H](CC[C@]3(C)C([C@H](C)CC#N)CC[C@@H]23)[C@@]2(C)CC[C@@H](O)C[C@@H]12. The van der Waals surface area contributed by atoms with Gasteiger partial charge in [-0.1, -0.05) is 27.7 Å². The average Bonchev–Trinajstić information content (AvgIpc) is 3.01. The first-order valence-corrected chi connectivity index (χ1v) is 11.9. The molecule has 0 radical (unpaired) electrons. The highest BCUT2D eigenvalue weighted by atomic mass is 16.3. The third kappa shape index (κ3) is 2.73. The van der Waals surface area contributed by atoms with E-state index in [-0.39, 0.29) is 28.8 Å². The van der Waals surface area contributed by atoms with E-state index in [1.807, 2.05) is 0 Å². The van der Waals surface area contributed by atoms with Gasteiger partial charge in [-0.2, -0.15) is 5.26 Å². The van der Waals surface area contributed by atoms with Crippen molar-refractivity contribution in [1.82, 2.24) is 0 Å². The van der Waals surface area contributed by atoms with Crippen LogP contribution in [-0.4, -0.2) is 17.0 Å². The van der Waals surface area contributed by atoms with E-state index in [0.29, 0.717) is 41.8 Å². The molecule has 4 saturated carbocycles. The number of hydrogen-bond donors (Lipinski definition) is 1. The predicted molar refractivity (Wildman–Crippen MR) is 110 cm³/mol. The second-order valence-electron chi connectivity index (χ2n) is 11.3. The Bertz CT molecular complexity index is 668. The summed E-state index contributed by atoms with van der Waals surface area (Å²) in [6, 6.07) is 2.40. The number of nitriles is 1. The van der Waals surface area contributed by atoms with Gasteiger partial charge >= 0.3 is 0 Å². The first kappa shape index (κ1) is 20.4. The van der Waals surface area contributed by atoms with Gasteiger partial charge in [-0.3, -0.25) is 4.79 Å². The van der Waals surface area contributed by atoms with Crippen molar-refractivity contribution in [2.24, 2.45) is 52.3 Å². The van der Waals surface area contributed by atoms with Gasteiger partial charge in [-0.25, -0.2) is 0 Å². The van der Waals surface area contributed by atoms with Crippen LogP contribution in [0.2, 0.25) is 0 Å². The summed E-state index contributed by atoms with van der Waals surface area (Å²) in [5.41, 5.74) is 0.443. The summed E-state index contributed by atoms with van der Waals surface area (Å²) in [5.74, 6) is 3.29. The maximum absolute atomic E-state index is 13.8. The van der Waals surface area contributed by atoms with Gasteiger partial charge in [0.05, 0.1) is 12.2 Å². The van der Waals surface area contributed by atoms with Crippen LogP contribution in [0.3, 0.4) is 0 Å². The number of nitrogens with zero attached hydrogens (tertiary/aromatic N) is 1. The summed E-state index contributed by atoms with van der Waals surface area (Å²) in [4.78, 5) is 13.8. The lowest BCUT2D eigenvalue weighted by Gasteiger charge is -2.62. The lowest BCUT2D eigenvalue weighted by atomic mass is 9.42. The zero-order valence-corrected chi connectivity index (χ0v) is 18.3. The Kier molecular flexibility index (Phi) is 5.18. The highest BCUT2D eigenvalue weighted by Gasteiger charge is 2.64. The molecule has 1 N–H and O–H groups in total. The predicted octanol–water partition coefficient (Wildman–Crippen LogP) is 5.37. The highest BCUT2D eigenvalue weighted by molar-refractivity contribution is 5.86. The summed E-state index contributed by atoms with van der Waals surface area (Å²) in [6.07, 6.45) is 8.91. The molecular formula is C25H39NO2. The van der Waals surface area contributed by atoms with Crippen LogP contribution in [0.5, 0.6) is 0 Å². The number of Topliss-reactive ketones (excluding diaryl/α,β-unsaturated/α-hetero) is 1. The fourth-order valence-corrected chi connectivity index (χ4v) is 8.90. The van der Waals surface area contributed by atoms with Gasteiger partial charge in [0, 0.05) is 18.3 Å². The summed E-state index contributed by atoms with van der Waals surface area (Å²) < 4.78 is 0. The molecule has 3 nitrogen and oxygen atoms in total. The van der Waals surface area contributed by atoms with E-state index in [9.17, 15) is 15.2 Å². The zero-order chi connectivity index (χ0) is 20.3. The van der Waals surface area contributed by atoms with Crippen molar-refractivity contribution < 1.29 is 9.90 Å². The van der Waals surface area contributed by atoms with Crippen LogP contribution >= 0.6 is 0 Å². The van der Waals surface area contributed by atoms with Crippen LogP contribution < -0.4 is 0 Å². The minimum Gasteiger partial charge on any atom is -0.393 e. The molecule has 0 amide bonds. The molecule has 0 aromatic heterocycles. The molecule has 0 bridgehead atoms. The Morgan fingerprint density at radius 1 is 1.11 bits per heavy atom. The maximum atomic E-state index is 13.8. The van der Waals surface area contributed by atoms with Gasteiger partial charge in [0.2, 0.25) is 0 Å². The van der Waals surface area contributed by atoms with E-state index in [4.69, 9.17) is 0 Å². The molecule has 0 saturated heterocycles. The van der Waals surface area contributed by atoms with Crippen molar-refractivity contribution >= 4 is 5.78 Å². The summed E-state index contributed by atoms with van der Waals surface area (Å²) >= 11 is 0. The molecule has 4 aliphatic carbocycles.